The van der Waals surface area contributed by atoms with Crippen LogP contribution in [-0.2, 0) is 21.7 Å². The van der Waals surface area contributed by atoms with Crippen LogP contribution in [0.2, 0.25) is 0 Å². The van der Waals surface area contributed by atoms with Crippen molar-refractivity contribution in [1.29, 1.82) is 0 Å². The number of hydrogen-bond acceptors (Lipinski definition) is 0. The first-order chi connectivity index (χ1) is 7.47. The molecular weight excluding hydrogens is 228 g/mol. The molecule has 0 N–H and O–H groups in total. The fourth-order valence-electron chi connectivity index (χ4n) is 1.59. The van der Waals surface area contributed by atoms with Crippen LogP contribution >= 0.6 is 0 Å². The van der Waals surface area contributed by atoms with Crippen molar-refractivity contribution in [3.05, 3.63) is 84.5 Å². The summed E-state index contributed by atoms with van der Waals surface area (Å²) >= 11 is 0. The average molecular weight is 242 g/mol. The van der Waals surface area contributed by atoms with Gasteiger partial charge in [-0.1, -0.05) is 24.3 Å². The standard InChI is InChI=1S/C10H9.C5H5.Ti/c1-2-6-9(5-1)10-7-3-4-8-10;1-2-4-5-3-1;/h1-9H;1-5H;/q2*-1;+2. The molecule has 0 saturated carbocycles. The van der Waals surface area contributed by atoms with Gasteiger partial charge in [-0.2, -0.15) is 35.9 Å². The van der Waals surface area contributed by atoms with E-state index in [0.29, 0.717) is 5.92 Å². The Morgan fingerprint density at radius 1 is 0.875 bits per heavy atom. The van der Waals surface area contributed by atoms with E-state index in [1.54, 1.807) is 0 Å². The molecule has 0 unspecified atom stereocenters. The van der Waals surface area contributed by atoms with E-state index in [2.05, 4.69) is 48.6 Å². The molecule has 3 rings (SSSR count). The summed E-state index contributed by atoms with van der Waals surface area (Å²) in [5.41, 5.74) is 1.39. The zero-order chi connectivity index (χ0) is 10.3. The SMILES string of the molecule is C1=CC(c2ccc[cH-]2)C=C1.[Ti+2].c1cc[cH-]c1. The summed E-state index contributed by atoms with van der Waals surface area (Å²) < 4.78 is 0. The van der Waals surface area contributed by atoms with Gasteiger partial charge in [-0.3, -0.25) is 0 Å². The van der Waals surface area contributed by atoms with Crippen LogP contribution in [0.25, 0.3) is 0 Å². The minimum absolute atomic E-state index is 0. The molecule has 0 aromatic heterocycles. The summed E-state index contributed by atoms with van der Waals surface area (Å²) in [5.74, 6) is 0.537. The third-order valence-electron chi connectivity index (χ3n) is 2.38. The molecule has 0 heterocycles. The van der Waals surface area contributed by atoms with Crippen molar-refractivity contribution in [2.24, 2.45) is 0 Å². The van der Waals surface area contributed by atoms with Gasteiger partial charge in [0.05, 0.1) is 0 Å². The molecule has 0 radical (unpaired) electrons. The monoisotopic (exact) mass is 242 g/mol. The van der Waals surface area contributed by atoms with Crippen LogP contribution in [0.3, 0.4) is 0 Å². The fourth-order valence-corrected chi connectivity index (χ4v) is 1.59. The van der Waals surface area contributed by atoms with Gasteiger partial charge in [0.2, 0.25) is 0 Å². The van der Waals surface area contributed by atoms with Crippen LogP contribution in [0.4, 0.5) is 0 Å². The summed E-state index contributed by atoms with van der Waals surface area (Å²) in [6, 6.07) is 18.5. The molecule has 1 heteroatoms. The Balaban J connectivity index is 0.000000183. The largest absolute Gasteiger partial charge is 2.00 e. The first-order valence-electron chi connectivity index (χ1n) is 5.20. The van der Waals surface area contributed by atoms with E-state index in [0.717, 1.165) is 0 Å². The third kappa shape index (κ3) is 3.81. The topological polar surface area (TPSA) is 0 Å². The summed E-state index contributed by atoms with van der Waals surface area (Å²) in [4.78, 5) is 0. The van der Waals surface area contributed by atoms with E-state index in [9.17, 15) is 0 Å². The summed E-state index contributed by atoms with van der Waals surface area (Å²) in [7, 11) is 0. The molecular formula is C15H14Ti. The van der Waals surface area contributed by atoms with Gasteiger partial charge < -0.3 is 0 Å². The molecule has 2 aromatic rings. The zero-order valence-corrected chi connectivity index (χ0v) is 10.6. The van der Waals surface area contributed by atoms with E-state index >= 15 is 0 Å². The van der Waals surface area contributed by atoms with Crippen LogP contribution in [0.5, 0.6) is 0 Å². The van der Waals surface area contributed by atoms with Gasteiger partial charge in [-0.25, -0.2) is 24.3 Å². The van der Waals surface area contributed by atoms with Gasteiger partial charge in [-0.05, 0) is 5.92 Å². The molecule has 1 aliphatic carbocycles. The number of hydrogen-bond donors (Lipinski definition) is 0. The summed E-state index contributed by atoms with van der Waals surface area (Å²) in [6.45, 7) is 0. The third-order valence-corrected chi connectivity index (χ3v) is 2.38. The minimum Gasteiger partial charge on any atom is -0.214 e. The molecule has 0 amide bonds. The van der Waals surface area contributed by atoms with Crippen molar-refractivity contribution in [3.8, 4) is 0 Å². The molecule has 0 fully saturated rings. The molecule has 0 spiro atoms. The summed E-state index contributed by atoms with van der Waals surface area (Å²) in [5, 5.41) is 0. The molecule has 78 valence electrons. The van der Waals surface area contributed by atoms with Crippen molar-refractivity contribution < 1.29 is 21.7 Å². The van der Waals surface area contributed by atoms with Crippen LogP contribution in [0.15, 0.2) is 78.9 Å². The predicted octanol–water partition coefficient (Wildman–Crippen LogP) is 4.02. The van der Waals surface area contributed by atoms with Crippen molar-refractivity contribution in [2.75, 3.05) is 0 Å². The average Bonchev–Trinajstić information content (AvgIpc) is 3.06. The molecule has 0 aliphatic heterocycles. The Kier molecular flexibility index (Phi) is 5.84. The quantitative estimate of drug-likeness (QED) is 0.523. The van der Waals surface area contributed by atoms with Crippen molar-refractivity contribution in [1.82, 2.24) is 0 Å². The van der Waals surface area contributed by atoms with Gasteiger partial charge in [0.25, 0.3) is 0 Å². The van der Waals surface area contributed by atoms with E-state index in [-0.39, 0.29) is 21.7 Å². The Morgan fingerprint density at radius 3 is 2.00 bits per heavy atom. The molecule has 16 heavy (non-hydrogen) atoms. The zero-order valence-electron chi connectivity index (χ0n) is 9.08. The molecule has 0 bridgehead atoms. The van der Waals surface area contributed by atoms with Crippen molar-refractivity contribution in [2.45, 2.75) is 5.92 Å². The number of rotatable bonds is 1. The second-order valence-electron chi connectivity index (χ2n) is 3.48. The molecule has 0 atom stereocenters. The molecule has 0 nitrogen and oxygen atoms in total. The minimum atomic E-state index is 0. The van der Waals surface area contributed by atoms with Crippen molar-refractivity contribution >= 4 is 0 Å². The van der Waals surface area contributed by atoms with Gasteiger partial charge in [0.1, 0.15) is 0 Å². The van der Waals surface area contributed by atoms with Crippen molar-refractivity contribution in [3.63, 3.8) is 0 Å². The van der Waals surface area contributed by atoms with Crippen LogP contribution in [0, 0.1) is 0 Å². The van der Waals surface area contributed by atoms with E-state index in [4.69, 9.17) is 0 Å². The maximum atomic E-state index is 2.20. The second kappa shape index (κ2) is 7.21. The van der Waals surface area contributed by atoms with Crippen LogP contribution in [0.1, 0.15) is 11.5 Å². The molecule has 2 aromatic carbocycles. The normalized spacial score (nSPS) is 13.0. The Bertz CT molecular complexity index is 375. The first kappa shape index (κ1) is 13.0. The second-order valence-corrected chi connectivity index (χ2v) is 3.48. The van der Waals surface area contributed by atoms with Gasteiger partial charge in [-0.15, -0.1) is 0 Å². The first-order valence-corrected chi connectivity index (χ1v) is 5.20. The summed E-state index contributed by atoms with van der Waals surface area (Å²) in [6.07, 6.45) is 8.60. The van der Waals surface area contributed by atoms with Gasteiger partial charge in [0.15, 0.2) is 0 Å². The number of allylic oxidation sites excluding steroid dienone is 4. The van der Waals surface area contributed by atoms with E-state index in [1.807, 2.05) is 30.3 Å². The molecule has 0 saturated heterocycles. The maximum absolute atomic E-state index is 2.20. The van der Waals surface area contributed by atoms with E-state index < -0.39 is 0 Å². The Hall–Kier alpha value is -1.11. The Labute approximate surface area is 112 Å². The Morgan fingerprint density at radius 2 is 1.56 bits per heavy atom. The fraction of sp³-hybridized carbons (Fsp3) is 0.0667. The van der Waals surface area contributed by atoms with Gasteiger partial charge >= 0.3 is 21.7 Å². The molecule has 1 aliphatic rings. The van der Waals surface area contributed by atoms with Crippen LogP contribution < -0.4 is 0 Å². The maximum Gasteiger partial charge on any atom is 2.00 e. The predicted molar refractivity (Wildman–Crippen MR) is 65.1 cm³/mol. The van der Waals surface area contributed by atoms with Gasteiger partial charge in [0, 0.05) is 0 Å². The van der Waals surface area contributed by atoms with Crippen LogP contribution in [-0.4, -0.2) is 0 Å². The smallest absolute Gasteiger partial charge is 0.214 e. The van der Waals surface area contributed by atoms with E-state index in [1.165, 1.54) is 5.56 Å².